The predicted octanol–water partition coefficient (Wildman–Crippen LogP) is 2.37. The van der Waals surface area contributed by atoms with Crippen LogP contribution in [0.3, 0.4) is 0 Å². The van der Waals surface area contributed by atoms with Gasteiger partial charge in [0, 0.05) is 37.1 Å². The van der Waals surface area contributed by atoms with Gasteiger partial charge in [0.25, 0.3) is 11.8 Å². The highest BCUT2D eigenvalue weighted by Gasteiger charge is 2.09. The van der Waals surface area contributed by atoms with Gasteiger partial charge < -0.3 is 20.6 Å². The average molecular weight is 408 g/mol. The number of carbonyl (C=O) groups excluding carboxylic acids is 3. The number of hydrogen-bond donors (Lipinski definition) is 4. The van der Waals surface area contributed by atoms with E-state index < -0.39 is 11.9 Å². The molecule has 0 spiro atoms. The van der Waals surface area contributed by atoms with Crippen molar-refractivity contribution in [3.8, 4) is 0 Å². The van der Waals surface area contributed by atoms with Gasteiger partial charge in [-0.2, -0.15) is 5.26 Å². The van der Waals surface area contributed by atoms with E-state index in [-0.39, 0.29) is 24.7 Å². The number of benzene rings is 1. The fraction of sp³-hybridized carbons (Fsp3) is 0.500. The number of amides is 2. The van der Waals surface area contributed by atoms with Crippen LogP contribution in [0.4, 0.5) is 0 Å². The van der Waals surface area contributed by atoms with Crippen molar-refractivity contribution in [1.82, 2.24) is 10.6 Å². The summed E-state index contributed by atoms with van der Waals surface area (Å²) in [5.41, 5.74) is 0.891. The van der Waals surface area contributed by atoms with Gasteiger partial charge in [-0.3, -0.25) is 14.4 Å². The lowest BCUT2D eigenvalue weighted by Gasteiger charge is -2.07. The summed E-state index contributed by atoms with van der Waals surface area (Å²) in [6, 6.07) is 6.31. The van der Waals surface area contributed by atoms with Gasteiger partial charge in [0.2, 0.25) is 0 Å². The molecular formula is C20H28N2O7. The second-order valence-corrected chi connectivity index (χ2v) is 6.57. The highest BCUT2D eigenvalue weighted by molar-refractivity contribution is 5.97. The summed E-state index contributed by atoms with van der Waals surface area (Å²) in [7, 11) is 0. The molecule has 0 unspecified atom stereocenters. The Morgan fingerprint density at radius 1 is 0.724 bits per heavy atom. The predicted molar refractivity (Wildman–Crippen MR) is 104 cm³/mol. The molecule has 1 aromatic carbocycles. The first-order valence-corrected chi connectivity index (χ1v) is 9.66. The summed E-state index contributed by atoms with van der Waals surface area (Å²) in [5.74, 6) is -1.97. The maximum atomic E-state index is 12.1. The molecule has 0 fully saturated rings. The lowest BCUT2D eigenvalue weighted by molar-refractivity contribution is -0.234. The quantitative estimate of drug-likeness (QED) is 0.210. The highest BCUT2D eigenvalue weighted by Crippen LogP contribution is 2.06. The Hall–Kier alpha value is -2.94. The molecule has 9 heteroatoms. The molecule has 1 rings (SSSR count). The summed E-state index contributed by atoms with van der Waals surface area (Å²) in [5, 5.41) is 22.2. The van der Waals surface area contributed by atoms with Crippen LogP contribution in [0.25, 0.3) is 0 Å². The summed E-state index contributed by atoms with van der Waals surface area (Å²) in [6.45, 7) is 0.924. The Bertz CT molecular complexity index is 674. The van der Waals surface area contributed by atoms with Gasteiger partial charge in [0.05, 0.1) is 0 Å². The molecular weight excluding hydrogens is 380 g/mol. The van der Waals surface area contributed by atoms with Crippen molar-refractivity contribution >= 4 is 23.8 Å². The molecule has 0 aliphatic heterocycles. The first-order valence-electron chi connectivity index (χ1n) is 9.66. The van der Waals surface area contributed by atoms with Crippen LogP contribution in [0.5, 0.6) is 0 Å². The van der Waals surface area contributed by atoms with E-state index in [4.69, 9.17) is 10.4 Å². The number of carboxylic acid groups (broad SMARTS) is 1. The number of unbranched alkanes of at least 4 members (excludes halogenated alkanes) is 4. The largest absolute Gasteiger partial charge is 0.481 e. The van der Waals surface area contributed by atoms with Gasteiger partial charge in [-0.1, -0.05) is 12.8 Å². The molecule has 0 bridgehead atoms. The Morgan fingerprint density at radius 3 is 1.59 bits per heavy atom. The zero-order valence-corrected chi connectivity index (χ0v) is 16.3. The zero-order chi connectivity index (χ0) is 21.5. The van der Waals surface area contributed by atoms with Gasteiger partial charge in [0.15, 0.2) is 0 Å². The van der Waals surface area contributed by atoms with E-state index in [2.05, 4.69) is 15.5 Å². The molecule has 4 N–H and O–H groups in total. The molecule has 0 heterocycles. The molecule has 1 aromatic rings. The van der Waals surface area contributed by atoms with Gasteiger partial charge in [0.1, 0.15) is 0 Å². The third-order valence-corrected chi connectivity index (χ3v) is 4.21. The Morgan fingerprint density at radius 2 is 1.17 bits per heavy atom. The van der Waals surface area contributed by atoms with Crippen LogP contribution in [0.2, 0.25) is 0 Å². The minimum atomic E-state index is -0.817. The minimum Gasteiger partial charge on any atom is -0.481 e. The van der Waals surface area contributed by atoms with Gasteiger partial charge in [-0.05, 0) is 49.9 Å². The maximum Gasteiger partial charge on any atom is 0.342 e. The standard InChI is InChI=1S/C20H28N2O7/c23-17(24)7-3-1-5-13-21-19(26)15-9-11-16(12-10-15)20(27)22-14-6-2-4-8-18(25)29-28/h9-12,28H,1-8,13-14H2,(H,21,26)(H,22,27)(H,23,24). The van der Waals surface area contributed by atoms with Crippen molar-refractivity contribution in [3.63, 3.8) is 0 Å². The van der Waals surface area contributed by atoms with Crippen LogP contribution >= 0.6 is 0 Å². The molecule has 0 saturated heterocycles. The molecule has 29 heavy (non-hydrogen) atoms. The second-order valence-electron chi connectivity index (χ2n) is 6.57. The monoisotopic (exact) mass is 408 g/mol. The molecule has 0 aliphatic carbocycles. The van der Waals surface area contributed by atoms with Crippen molar-refractivity contribution in [2.24, 2.45) is 0 Å². The molecule has 0 aromatic heterocycles. The number of hydrogen-bond acceptors (Lipinski definition) is 6. The topological polar surface area (TPSA) is 142 Å². The van der Waals surface area contributed by atoms with E-state index in [0.29, 0.717) is 56.3 Å². The van der Waals surface area contributed by atoms with E-state index in [1.54, 1.807) is 24.3 Å². The fourth-order valence-corrected chi connectivity index (χ4v) is 2.58. The van der Waals surface area contributed by atoms with Crippen LogP contribution in [0.1, 0.15) is 72.1 Å². The molecule has 0 atom stereocenters. The number of carbonyl (C=O) groups is 4. The number of rotatable bonds is 14. The van der Waals surface area contributed by atoms with E-state index in [1.165, 1.54) is 0 Å². The van der Waals surface area contributed by atoms with Crippen molar-refractivity contribution in [3.05, 3.63) is 35.4 Å². The third-order valence-electron chi connectivity index (χ3n) is 4.21. The van der Waals surface area contributed by atoms with Crippen LogP contribution in [0.15, 0.2) is 24.3 Å². The van der Waals surface area contributed by atoms with Gasteiger partial charge in [-0.15, -0.1) is 0 Å². The maximum absolute atomic E-state index is 12.1. The minimum absolute atomic E-state index is 0.135. The van der Waals surface area contributed by atoms with Gasteiger partial charge >= 0.3 is 11.9 Å². The molecule has 0 saturated carbocycles. The first-order chi connectivity index (χ1) is 13.9. The number of aliphatic carboxylic acids is 1. The van der Waals surface area contributed by atoms with Crippen molar-refractivity contribution in [2.45, 2.75) is 51.4 Å². The normalized spacial score (nSPS) is 10.2. The van der Waals surface area contributed by atoms with Crippen LogP contribution in [-0.4, -0.2) is 47.2 Å². The second kappa shape index (κ2) is 14.1. The summed E-state index contributed by atoms with van der Waals surface area (Å²) < 4.78 is 0. The molecule has 160 valence electrons. The molecule has 2 amide bonds. The van der Waals surface area contributed by atoms with Crippen molar-refractivity contribution in [1.29, 1.82) is 0 Å². The number of nitrogens with one attached hydrogen (secondary N) is 2. The SMILES string of the molecule is O=C(O)CCCCCNC(=O)c1ccc(C(=O)NCCCCCC(=O)OO)cc1. The lowest BCUT2D eigenvalue weighted by atomic mass is 10.1. The van der Waals surface area contributed by atoms with E-state index in [1.807, 2.05) is 0 Å². The van der Waals surface area contributed by atoms with Crippen molar-refractivity contribution < 1.29 is 34.4 Å². The van der Waals surface area contributed by atoms with E-state index in [9.17, 15) is 19.2 Å². The Kier molecular flexibility index (Phi) is 11.7. The fourth-order valence-electron chi connectivity index (χ4n) is 2.58. The smallest absolute Gasteiger partial charge is 0.342 e. The van der Waals surface area contributed by atoms with Crippen LogP contribution < -0.4 is 10.6 Å². The summed E-state index contributed by atoms with van der Waals surface area (Å²) in [6.07, 6.45) is 4.27. The van der Waals surface area contributed by atoms with Crippen molar-refractivity contribution in [2.75, 3.05) is 13.1 Å². The average Bonchev–Trinajstić information content (AvgIpc) is 2.72. The van der Waals surface area contributed by atoms with E-state index in [0.717, 1.165) is 6.42 Å². The summed E-state index contributed by atoms with van der Waals surface area (Å²) in [4.78, 5) is 48.9. The third kappa shape index (κ3) is 10.8. The van der Waals surface area contributed by atoms with Gasteiger partial charge in [-0.25, -0.2) is 4.79 Å². The lowest BCUT2D eigenvalue weighted by Crippen LogP contribution is -2.26. The molecule has 0 aliphatic rings. The first kappa shape index (κ1) is 24.1. The molecule has 9 nitrogen and oxygen atoms in total. The zero-order valence-electron chi connectivity index (χ0n) is 16.3. The number of carboxylic acids is 1. The van der Waals surface area contributed by atoms with Crippen LogP contribution in [-0.2, 0) is 14.5 Å². The van der Waals surface area contributed by atoms with E-state index >= 15 is 0 Å². The summed E-state index contributed by atoms with van der Waals surface area (Å²) >= 11 is 0. The Balaban J connectivity index is 2.24. The Labute approximate surface area is 169 Å². The highest BCUT2D eigenvalue weighted by atomic mass is 17.1. The van der Waals surface area contributed by atoms with Crippen LogP contribution in [0, 0.1) is 0 Å². The molecule has 0 radical (unpaired) electrons.